The van der Waals surface area contributed by atoms with Crippen LogP contribution in [0.1, 0.15) is 63.4 Å². The number of hydrogen-bond acceptors (Lipinski definition) is 5. The molecule has 4 rings (SSSR count). The minimum absolute atomic E-state index is 0.0382. The first-order valence-electron chi connectivity index (χ1n) is 9.43. The van der Waals surface area contributed by atoms with E-state index in [1.807, 2.05) is 4.57 Å². The highest BCUT2D eigenvalue weighted by Gasteiger charge is 2.40. The standard InChI is InChI=1S/C18H25N5O3/c1-12(24)20-18(9-5-3-6-10-18)16-19-15(26-21-16)14-13-8-4-7-11-23(13)17(25)22(14)2/h3-11H2,1-2H3,(H,20,24). The van der Waals surface area contributed by atoms with Crippen molar-refractivity contribution in [1.29, 1.82) is 0 Å². The van der Waals surface area contributed by atoms with Gasteiger partial charge in [0, 0.05) is 20.5 Å². The molecule has 0 spiro atoms. The number of aromatic nitrogens is 4. The fourth-order valence-electron chi connectivity index (χ4n) is 4.44. The molecule has 1 saturated carbocycles. The maximum Gasteiger partial charge on any atom is 0.328 e. The van der Waals surface area contributed by atoms with Gasteiger partial charge in [-0.2, -0.15) is 4.98 Å². The third-order valence-corrected chi connectivity index (χ3v) is 5.68. The first-order chi connectivity index (χ1) is 12.5. The van der Waals surface area contributed by atoms with Gasteiger partial charge in [-0.1, -0.05) is 24.4 Å². The maximum absolute atomic E-state index is 12.5. The smallest absolute Gasteiger partial charge is 0.328 e. The Morgan fingerprint density at radius 2 is 1.96 bits per heavy atom. The second-order valence-corrected chi connectivity index (χ2v) is 7.49. The second kappa shape index (κ2) is 6.41. The van der Waals surface area contributed by atoms with Crippen LogP contribution in [0.25, 0.3) is 11.6 Å². The molecular formula is C18H25N5O3. The summed E-state index contributed by atoms with van der Waals surface area (Å²) in [6, 6.07) is 0. The van der Waals surface area contributed by atoms with E-state index in [0.29, 0.717) is 17.4 Å². The summed E-state index contributed by atoms with van der Waals surface area (Å²) >= 11 is 0. The number of carbonyl (C=O) groups is 1. The lowest BCUT2D eigenvalue weighted by Crippen LogP contribution is -2.47. The van der Waals surface area contributed by atoms with E-state index in [0.717, 1.165) is 63.6 Å². The molecule has 0 atom stereocenters. The van der Waals surface area contributed by atoms with Crippen molar-refractivity contribution in [3.8, 4) is 11.6 Å². The number of nitrogens with zero attached hydrogens (tertiary/aromatic N) is 4. The molecule has 1 fully saturated rings. The normalized spacial score (nSPS) is 19.2. The fourth-order valence-corrected chi connectivity index (χ4v) is 4.44. The van der Waals surface area contributed by atoms with Crippen molar-refractivity contribution >= 4 is 5.91 Å². The van der Waals surface area contributed by atoms with Gasteiger partial charge in [0.25, 0.3) is 5.89 Å². The highest BCUT2D eigenvalue weighted by atomic mass is 16.5. The zero-order valence-electron chi connectivity index (χ0n) is 15.4. The molecule has 3 heterocycles. The monoisotopic (exact) mass is 359 g/mol. The van der Waals surface area contributed by atoms with E-state index in [1.165, 1.54) is 6.92 Å². The lowest BCUT2D eigenvalue weighted by Gasteiger charge is -2.34. The summed E-state index contributed by atoms with van der Waals surface area (Å²) in [6.07, 6.45) is 7.68. The van der Waals surface area contributed by atoms with Gasteiger partial charge in [-0.25, -0.2) is 4.79 Å². The Bertz CT molecular complexity index is 885. The summed E-state index contributed by atoms with van der Waals surface area (Å²) in [5.74, 6) is 0.794. The van der Waals surface area contributed by atoms with E-state index in [4.69, 9.17) is 4.52 Å². The molecule has 1 aliphatic heterocycles. The molecule has 0 saturated heterocycles. The molecule has 1 N–H and O–H groups in total. The van der Waals surface area contributed by atoms with Crippen molar-refractivity contribution in [2.45, 2.75) is 70.4 Å². The number of fused-ring (bicyclic) bond motifs is 1. The third-order valence-electron chi connectivity index (χ3n) is 5.68. The average molecular weight is 359 g/mol. The Kier molecular flexibility index (Phi) is 4.20. The van der Waals surface area contributed by atoms with Crippen molar-refractivity contribution < 1.29 is 9.32 Å². The minimum atomic E-state index is -0.565. The Morgan fingerprint density at radius 3 is 2.69 bits per heavy atom. The number of carbonyl (C=O) groups excluding carboxylic acids is 1. The van der Waals surface area contributed by atoms with Gasteiger partial charge in [0.2, 0.25) is 5.91 Å². The first kappa shape index (κ1) is 17.1. The van der Waals surface area contributed by atoms with Crippen LogP contribution < -0.4 is 11.0 Å². The van der Waals surface area contributed by atoms with E-state index in [1.54, 1.807) is 11.6 Å². The van der Waals surface area contributed by atoms with E-state index in [2.05, 4.69) is 15.5 Å². The van der Waals surface area contributed by atoms with E-state index >= 15 is 0 Å². The van der Waals surface area contributed by atoms with Crippen LogP contribution in [0.15, 0.2) is 9.32 Å². The van der Waals surface area contributed by atoms with Crippen LogP contribution in [-0.2, 0) is 30.3 Å². The van der Waals surface area contributed by atoms with E-state index in [9.17, 15) is 9.59 Å². The summed E-state index contributed by atoms with van der Waals surface area (Å²) < 4.78 is 9.00. The number of amides is 1. The first-order valence-corrected chi connectivity index (χ1v) is 9.43. The van der Waals surface area contributed by atoms with Gasteiger partial charge in [0.1, 0.15) is 11.2 Å². The van der Waals surface area contributed by atoms with E-state index < -0.39 is 5.54 Å². The molecule has 0 unspecified atom stereocenters. The Balaban J connectivity index is 1.77. The molecule has 8 nitrogen and oxygen atoms in total. The van der Waals surface area contributed by atoms with Crippen molar-refractivity contribution in [2.24, 2.45) is 7.05 Å². The molecule has 140 valence electrons. The van der Waals surface area contributed by atoms with Crippen LogP contribution in [0.3, 0.4) is 0 Å². The molecule has 1 amide bonds. The maximum atomic E-state index is 12.5. The molecule has 2 aromatic rings. The van der Waals surface area contributed by atoms with Crippen molar-refractivity contribution in [3.63, 3.8) is 0 Å². The van der Waals surface area contributed by atoms with Crippen LogP contribution >= 0.6 is 0 Å². The molecule has 2 aliphatic rings. The molecule has 2 aromatic heterocycles. The minimum Gasteiger partial charge on any atom is -0.343 e. The number of hydrogen-bond donors (Lipinski definition) is 1. The Labute approximate surface area is 151 Å². The number of nitrogens with one attached hydrogen (secondary N) is 1. The summed E-state index contributed by atoms with van der Waals surface area (Å²) in [4.78, 5) is 28.9. The van der Waals surface area contributed by atoms with Crippen LogP contribution in [0.2, 0.25) is 0 Å². The van der Waals surface area contributed by atoms with Gasteiger partial charge < -0.3 is 9.84 Å². The summed E-state index contributed by atoms with van der Waals surface area (Å²) in [7, 11) is 1.75. The van der Waals surface area contributed by atoms with Crippen molar-refractivity contribution in [1.82, 2.24) is 24.6 Å². The zero-order chi connectivity index (χ0) is 18.3. The van der Waals surface area contributed by atoms with Crippen LogP contribution in [0.5, 0.6) is 0 Å². The zero-order valence-corrected chi connectivity index (χ0v) is 15.4. The van der Waals surface area contributed by atoms with Crippen LogP contribution in [-0.4, -0.2) is 25.2 Å². The predicted molar refractivity (Wildman–Crippen MR) is 94.5 cm³/mol. The van der Waals surface area contributed by atoms with Crippen LogP contribution in [0, 0.1) is 0 Å². The topological polar surface area (TPSA) is 95.0 Å². The third kappa shape index (κ3) is 2.68. The number of rotatable bonds is 3. The molecule has 0 bridgehead atoms. The lowest BCUT2D eigenvalue weighted by molar-refractivity contribution is -0.121. The largest absolute Gasteiger partial charge is 0.343 e. The molecule has 1 aliphatic carbocycles. The Morgan fingerprint density at radius 1 is 1.19 bits per heavy atom. The molecule has 0 radical (unpaired) electrons. The lowest BCUT2D eigenvalue weighted by atomic mass is 9.81. The fraction of sp³-hybridized carbons (Fsp3) is 0.667. The van der Waals surface area contributed by atoms with Gasteiger partial charge in [-0.15, -0.1) is 0 Å². The predicted octanol–water partition coefficient (Wildman–Crippen LogP) is 1.87. The van der Waals surface area contributed by atoms with Gasteiger partial charge >= 0.3 is 5.69 Å². The molecule has 26 heavy (non-hydrogen) atoms. The van der Waals surface area contributed by atoms with Crippen molar-refractivity contribution in [3.05, 3.63) is 22.0 Å². The Hall–Kier alpha value is -2.38. The van der Waals surface area contributed by atoms with Crippen molar-refractivity contribution in [2.75, 3.05) is 0 Å². The quantitative estimate of drug-likeness (QED) is 0.903. The summed E-state index contributed by atoms with van der Waals surface area (Å²) in [5.41, 5.74) is 1.08. The van der Waals surface area contributed by atoms with Crippen LogP contribution in [0.4, 0.5) is 0 Å². The summed E-state index contributed by atoms with van der Waals surface area (Å²) in [6.45, 7) is 2.25. The highest BCUT2D eigenvalue weighted by molar-refractivity contribution is 5.74. The average Bonchev–Trinajstić information content (AvgIpc) is 3.20. The van der Waals surface area contributed by atoms with Gasteiger partial charge in [0.15, 0.2) is 5.82 Å². The van der Waals surface area contributed by atoms with E-state index in [-0.39, 0.29) is 11.6 Å². The van der Waals surface area contributed by atoms with Gasteiger partial charge in [0.05, 0.1) is 5.69 Å². The SMILES string of the molecule is CC(=O)NC1(c2noc(-c3c4n(c(=O)n3C)CCCC4)n2)CCCCC1. The second-order valence-electron chi connectivity index (χ2n) is 7.49. The van der Waals surface area contributed by atoms with Gasteiger partial charge in [-0.3, -0.25) is 13.9 Å². The molecule has 8 heteroatoms. The molecule has 0 aromatic carbocycles. The molecular weight excluding hydrogens is 334 g/mol. The highest BCUT2D eigenvalue weighted by Crippen LogP contribution is 2.37. The number of imidazole rings is 1. The van der Waals surface area contributed by atoms with Gasteiger partial charge in [-0.05, 0) is 32.1 Å². The summed E-state index contributed by atoms with van der Waals surface area (Å²) in [5, 5.41) is 7.28.